The van der Waals surface area contributed by atoms with Crippen LogP contribution in [0.15, 0.2) is 66.9 Å². The van der Waals surface area contributed by atoms with Gasteiger partial charge in [0.05, 0.1) is 43.4 Å². The molecule has 0 unspecified atom stereocenters. The highest BCUT2D eigenvalue weighted by atomic mass is 35.5. The van der Waals surface area contributed by atoms with Gasteiger partial charge in [-0.3, -0.25) is 9.78 Å². The molecule has 8 nitrogen and oxygen atoms in total. The summed E-state index contributed by atoms with van der Waals surface area (Å²) in [6.45, 7) is 9.76. The molecule has 0 bridgehead atoms. The predicted octanol–water partition coefficient (Wildman–Crippen LogP) is 7.32. The molecule has 0 radical (unpaired) electrons. The largest absolute Gasteiger partial charge is 0.495 e. The van der Waals surface area contributed by atoms with Crippen LogP contribution in [0, 0.1) is 19.3 Å². The lowest BCUT2D eigenvalue weighted by molar-refractivity contribution is -0.123. The molecular weight excluding hydrogens is 582 g/mol. The van der Waals surface area contributed by atoms with Crippen LogP contribution in [0.1, 0.15) is 55.5 Å². The molecule has 2 aromatic heterocycles. The van der Waals surface area contributed by atoms with Gasteiger partial charge in [-0.05, 0) is 80.2 Å². The lowest BCUT2D eigenvalue weighted by Gasteiger charge is -2.29. The van der Waals surface area contributed by atoms with E-state index in [4.69, 9.17) is 38.3 Å². The SMILES string of the molecule is COc1cc(N2C(=S)N[C@H](c3ccccn3)[C@@H]2c2cc(C)n(-c3cc(Cl)ccc3OC)c2C)ccc1NC(=O)C(C)(C)C. The molecule has 10 heteroatoms. The number of benzene rings is 2. The molecule has 1 saturated heterocycles. The van der Waals surface area contributed by atoms with Crippen LogP contribution in [0.5, 0.6) is 11.5 Å². The van der Waals surface area contributed by atoms with Crippen LogP contribution < -0.4 is 25.0 Å². The fraction of sp³-hybridized carbons (Fsp3) is 0.303. The van der Waals surface area contributed by atoms with E-state index in [0.717, 1.165) is 34.0 Å². The zero-order chi connectivity index (χ0) is 31.1. The predicted molar refractivity (Wildman–Crippen MR) is 176 cm³/mol. The van der Waals surface area contributed by atoms with Gasteiger partial charge in [0.15, 0.2) is 5.11 Å². The van der Waals surface area contributed by atoms with Crippen LogP contribution in [0.4, 0.5) is 11.4 Å². The van der Waals surface area contributed by atoms with E-state index in [0.29, 0.717) is 27.3 Å². The van der Waals surface area contributed by atoms with Crippen LogP contribution in [0.3, 0.4) is 0 Å². The maximum Gasteiger partial charge on any atom is 0.229 e. The highest BCUT2D eigenvalue weighted by Gasteiger charge is 2.42. The number of hydrogen-bond donors (Lipinski definition) is 2. The van der Waals surface area contributed by atoms with Crippen molar-refractivity contribution >= 4 is 46.2 Å². The van der Waals surface area contributed by atoms with Crippen molar-refractivity contribution < 1.29 is 14.3 Å². The Bertz CT molecular complexity index is 1680. The van der Waals surface area contributed by atoms with Crippen LogP contribution in [-0.2, 0) is 4.79 Å². The Hall–Kier alpha value is -4.08. The number of carbonyl (C=O) groups excluding carboxylic acids is 1. The molecule has 43 heavy (non-hydrogen) atoms. The number of amides is 1. The van der Waals surface area contributed by atoms with E-state index < -0.39 is 5.41 Å². The van der Waals surface area contributed by atoms with Crippen molar-refractivity contribution in [2.45, 2.75) is 46.7 Å². The summed E-state index contributed by atoms with van der Waals surface area (Å²) in [5.41, 5.74) is 5.66. The Balaban J connectivity index is 1.65. The number of aromatic nitrogens is 2. The van der Waals surface area contributed by atoms with Gasteiger partial charge in [0.2, 0.25) is 5.91 Å². The Morgan fingerprint density at radius 2 is 1.77 bits per heavy atom. The molecule has 1 aliphatic rings. The monoisotopic (exact) mass is 617 g/mol. The van der Waals surface area contributed by atoms with Gasteiger partial charge in [0, 0.05) is 39.8 Å². The van der Waals surface area contributed by atoms with Gasteiger partial charge >= 0.3 is 0 Å². The third kappa shape index (κ3) is 5.79. The Kier molecular flexibility index (Phi) is 8.40. The molecule has 224 valence electrons. The van der Waals surface area contributed by atoms with Gasteiger partial charge in [0.25, 0.3) is 0 Å². The minimum absolute atomic E-state index is 0.103. The van der Waals surface area contributed by atoms with Gasteiger partial charge in [0.1, 0.15) is 11.5 Å². The highest BCUT2D eigenvalue weighted by Crippen LogP contribution is 2.45. The van der Waals surface area contributed by atoms with Gasteiger partial charge in [-0.1, -0.05) is 38.4 Å². The van der Waals surface area contributed by atoms with Gasteiger partial charge < -0.3 is 29.6 Å². The first kappa shape index (κ1) is 30.4. The number of nitrogens with one attached hydrogen (secondary N) is 2. The summed E-state index contributed by atoms with van der Waals surface area (Å²) in [6, 6.07) is 18.9. The molecule has 1 fully saturated rings. The number of ether oxygens (including phenoxy) is 2. The van der Waals surface area contributed by atoms with Crippen LogP contribution in [-0.4, -0.2) is 34.8 Å². The second-order valence-corrected chi connectivity index (χ2v) is 12.4. The molecule has 1 aliphatic heterocycles. The summed E-state index contributed by atoms with van der Waals surface area (Å²) in [5, 5.41) is 7.70. The number of pyridine rings is 1. The lowest BCUT2D eigenvalue weighted by Crippen LogP contribution is -2.30. The van der Waals surface area contributed by atoms with Crippen molar-refractivity contribution in [2.75, 3.05) is 24.4 Å². The number of anilines is 2. The molecule has 2 aromatic carbocycles. The maximum atomic E-state index is 12.8. The summed E-state index contributed by atoms with van der Waals surface area (Å²) in [6.07, 6.45) is 1.79. The summed E-state index contributed by atoms with van der Waals surface area (Å²) in [4.78, 5) is 19.5. The standard InChI is InChI=1S/C33H36ClN5O3S/c1-19-16-23(20(2)38(19)26-17-21(34)11-14-27(26)41-6)30-29(25-10-8-9-15-35-25)37-32(43)39(30)22-12-13-24(28(18-22)42-7)36-31(40)33(3,4)5/h8-18,29-30H,1-7H3,(H,36,40)(H,37,43)/t29-,30+/m1/s1. The number of thiocarbonyl (C=S) groups is 1. The Morgan fingerprint density at radius 1 is 1.02 bits per heavy atom. The molecule has 0 aliphatic carbocycles. The highest BCUT2D eigenvalue weighted by molar-refractivity contribution is 7.80. The maximum absolute atomic E-state index is 12.8. The molecule has 2 N–H and O–H groups in total. The number of methoxy groups -OCH3 is 2. The number of rotatable bonds is 7. The van der Waals surface area contributed by atoms with E-state index in [2.05, 4.69) is 40.0 Å². The second kappa shape index (κ2) is 11.9. The van der Waals surface area contributed by atoms with Crippen molar-refractivity contribution in [3.05, 3.63) is 94.5 Å². The van der Waals surface area contributed by atoms with E-state index in [1.54, 1.807) is 20.4 Å². The molecule has 4 aromatic rings. The zero-order valence-corrected chi connectivity index (χ0v) is 26.9. The molecule has 1 amide bonds. The van der Waals surface area contributed by atoms with Gasteiger partial charge in [-0.2, -0.15) is 0 Å². The molecule has 2 atom stereocenters. The topological polar surface area (TPSA) is 80.7 Å². The van der Waals surface area contributed by atoms with Gasteiger partial charge in [-0.25, -0.2) is 0 Å². The van der Waals surface area contributed by atoms with Crippen molar-refractivity contribution in [3.8, 4) is 17.2 Å². The minimum atomic E-state index is -0.556. The smallest absolute Gasteiger partial charge is 0.229 e. The number of halogens is 1. The average Bonchev–Trinajstić information content (AvgIpc) is 3.47. The average molecular weight is 618 g/mol. The van der Waals surface area contributed by atoms with E-state index in [1.165, 1.54) is 0 Å². The number of nitrogens with zero attached hydrogens (tertiary/aromatic N) is 3. The number of hydrogen-bond acceptors (Lipinski definition) is 5. The van der Waals surface area contributed by atoms with E-state index >= 15 is 0 Å². The van der Waals surface area contributed by atoms with Crippen molar-refractivity contribution in [1.82, 2.24) is 14.9 Å². The first-order chi connectivity index (χ1) is 20.4. The lowest BCUT2D eigenvalue weighted by atomic mass is 9.95. The van der Waals surface area contributed by atoms with E-state index in [1.807, 2.05) is 75.4 Å². The quantitative estimate of drug-likeness (QED) is 0.210. The van der Waals surface area contributed by atoms with Crippen molar-refractivity contribution in [3.63, 3.8) is 0 Å². The van der Waals surface area contributed by atoms with Crippen LogP contribution in [0.25, 0.3) is 5.69 Å². The van der Waals surface area contributed by atoms with Crippen molar-refractivity contribution in [2.24, 2.45) is 5.41 Å². The Labute approximate surface area is 263 Å². The third-order valence-corrected chi connectivity index (χ3v) is 8.21. The molecule has 0 saturated carbocycles. The first-order valence-corrected chi connectivity index (χ1v) is 14.8. The van der Waals surface area contributed by atoms with Gasteiger partial charge in [-0.15, -0.1) is 0 Å². The molecular formula is C33H36ClN5O3S. The number of carbonyl (C=O) groups is 1. The zero-order valence-electron chi connectivity index (χ0n) is 25.4. The summed E-state index contributed by atoms with van der Waals surface area (Å²) < 4.78 is 13.6. The summed E-state index contributed by atoms with van der Waals surface area (Å²) in [7, 11) is 3.24. The van der Waals surface area contributed by atoms with Crippen LogP contribution in [0.2, 0.25) is 5.02 Å². The molecule has 5 rings (SSSR count). The normalized spacial score (nSPS) is 16.7. The van der Waals surface area contributed by atoms with E-state index in [9.17, 15) is 4.79 Å². The second-order valence-electron chi connectivity index (χ2n) is 11.6. The fourth-order valence-corrected chi connectivity index (χ4v) is 6.00. The Morgan fingerprint density at radius 3 is 2.42 bits per heavy atom. The molecule has 0 spiro atoms. The summed E-state index contributed by atoms with van der Waals surface area (Å²) in [5.74, 6) is 1.15. The fourth-order valence-electron chi connectivity index (χ4n) is 5.49. The van der Waals surface area contributed by atoms with Crippen molar-refractivity contribution in [1.29, 1.82) is 0 Å². The first-order valence-electron chi connectivity index (χ1n) is 14.0. The van der Waals surface area contributed by atoms with Crippen LogP contribution >= 0.6 is 23.8 Å². The minimum Gasteiger partial charge on any atom is -0.495 e. The molecule has 3 heterocycles. The van der Waals surface area contributed by atoms with E-state index in [-0.39, 0.29) is 18.0 Å². The number of aryl methyl sites for hydroxylation is 1. The summed E-state index contributed by atoms with van der Waals surface area (Å²) >= 11 is 12.4. The third-order valence-electron chi connectivity index (χ3n) is 7.66.